The summed E-state index contributed by atoms with van der Waals surface area (Å²) in [5, 5.41) is 5.22. The Morgan fingerprint density at radius 1 is 1.14 bits per heavy atom. The lowest BCUT2D eigenvalue weighted by Crippen LogP contribution is -1.93. The Hall–Kier alpha value is -1.68. The van der Waals surface area contributed by atoms with Crippen LogP contribution in [0.15, 0.2) is 35.1 Å². The maximum atomic E-state index is 10.8. The van der Waals surface area contributed by atoms with Crippen LogP contribution in [0.5, 0.6) is 0 Å². The molecule has 2 aromatic rings. The number of hydrogen-bond donors (Lipinski definition) is 3. The molecule has 5 heteroatoms. The van der Waals surface area contributed by atoms with Crippen molar-refractivity contribution in [1.82, 2.24) is 10.2 Å². The summed E-state index contributed by atoms with van der Waals surface area (Å²) < 4.78 is 0. The fraction of sp³-hybridized carbons (Fsp3) is 0. The predicted molar refractivity (Wildman–Crippen MR) is 58.5 cm³/mol. The molecule has 14 heavy (non-hydrogen) atoms. The van der Waals surface area contributed by atoms with Crippen molar-refractivity contribution in [3.8, 4) is 11.3 Å². The lowest BCUT2D eigenvalue weighted by molar-refractivity contribution is 1.06. The zero-order valence-corrected chi connectivity index (χ0v) is 8.10. The van der Waals surface area contributed by atoms with Gasteiger partial charge in [0.05, 0.1) is 5.69 Å². The largest absolute Gasteiger partial charge is 0.399 e. The lowest BCUT2D eigenvalue weighted by atomic mass is 10.1. The molecule has 1 aromatic heterocycles. The molecule has 1 aromatic carbocycles. The molecule has 0 saturated carbocycles. The zero-order chi connectivity index (χ0) is 9.26. The van der Waals surface area contributed by atoms with Crippen LogP contribution in [0.3, 0.4) is 0 Å². The van der Waals surface area contributed by atoms with E-state index in [1.807, 2.05) is 12.1 Å². The van der Waals surface area contributed by atoms with Crippen molar-refractivity contribution < 1.29 is 0 Å². The number of anilines is 1. The SMILES string of the molecule is Cl.Nc1cccc(-c2cc(=O)[nH][nH]2)c1. The van der Waals surface area contributed by atoms with Crippen LogP contribution < -0.4 is 11.3 Å². The average Bonchev–Trinajstić information content (AvgIpc) is 2.52. The van der Waals surface area contributed by atoms with Crippen LogP contribution in [-0.4, -0.2) is 10.2 Å². The topological polar surface area (TPSA) is 74.7 Å². The number of hydrogen-bond acceptors (Lipinski definition) is 2. The molecule has 2 rings (SSSR count). The fourth-order valence-electron chi connectivity index (χ4n) is 1.19. The van der Waals surface area contributed by atoms with E-state index < -0.39 is 0 Å². The van der Waals surface area contributed by atoms with Crippen LogP contribution in [0.2, 0.25) is 0 Å². The highest BCUT2D eigenvalue weighted by Gasteiger charge is 1.99. The van der Waals surface area contributed by atoms with Crippen LogP contribution in [0, 0.1) is 0 Å². The highest BCUT2D eigenvalue weighted by molar-refractivity contribution is 5.85. The van der Waals surface area contributed by atoms with Crippen LogP contribution in [-0.2, 0) is 0 Å². The van der Waals surface area contributed by atoms with Crippen LogP contribution in [0.25, 0.3) is 11.3 Å². The van der Waals surface area contributed by atoms with Crippen LogP contribution in [0.4, 0.5) is 5.69 Å². The Balaban J connectivity index is 0.000000980. The molecule has 1 heterocycles. The van der Waals surface area contributed by atoms with Crippen molar-refractivity contribution in [3.05, 3.63) is 40.7 Å². The standard InChI is InChI=1S/C9H9N3O.ClH/c10-7-3-1-2-6(4-7)8-5-9(13)12-11-8;/h1-5H,10H2,(H2,11,12,13);1H. The first kappa shape index (κ1) is 10.4. The number of aromatic nitrogens is 2. The molecule has 4 N–H and O–H groups in total. The van der Waals surface area contributed by atoms with E-state index in [2.05, 4.69) is 10.2 Å². The van der Waals surface area contributed by atoms with Crippen molar-refractivity contribution in [3.63, 3.8) is 0 Å². The first-order valence-corrected chi connectivity index (χ1v) is 3.89. The molecule has 0 aliphatic heterocycles. The van der Waals surface area contributed by atoms with Gasteiger partial charge in [-0.3, -0.25) is 15.0 Å². The molecule has 0 atom stereocenters. The molecule has 0 amide bonds. The molecule has 0 spiro atoms. The van der Waals surface area contributed by atoms with Gasteiger partial charge in [-0.15, -0.1) is 12.4 Å². The van der Waals surface area contributed by atoms with E-state index in [1.54, 1.807) is 12.1 Å². The monoisotopic (exact) mass is 211 g/mol. The van der Waals surface area contributed by atoms with Gasteiger partial charge in [0, 0.05) is 17.3 Å². The van der Waals surface area contributed by atoms with Gasteiger partial charge >= 0.3 is 0 Å². The Kier molecular flexibility index (Phi) is 2.99. The number of rotatable bonds is 1. The van der Waals surface area contributed by atoms with E-state index in [0.29, 0.717) is 5.69 Å². The molecule has 0 unspecified atom stereocenters. The molecule has 0 radical (unpaired) electrons. The van der Waals surface area contributed by atoms with E-state index in [0.717, 1.165) is 11.3 Å². The molecule has 74 valence electrons. The summed E-state index contributed by atoms with van der Waals surface area (Å²) in [6.45, 7) is 0. The van der Waals surface area contributed by atoms with Gasteiger partial charge in [-0.2, -0.15) is 0 Å². The predicted octanol–water partition coefficient (Wildman–Crippen LogP) is 1.37. The molecular weight excluding hydrogens is 202 g/mol. The van der Waals surface area contributed by atoms with Gasteiger partial charge < -0.3 is 5.73 Å². The Morgan fingerprint density at radius 2 is 1.93 bits per heavy atom. The quantitative estimate of drug-likeness (QED) is 0.624. The maximum Gasteiger partial charge on any atom is 0.264 e. The fourth-order valence-corrected chi connectivity index (χ4v) is 1.19. The van der Waals surface area contributed by atoms with Crippen molar-refractivity contribution in [2.45, 2.75) is 0 Å². The smallest absolute Gasteiger partial charge is 0.264 e. The number of nitrogens with two attached hydrogens (primary N) is 1. The lowest BCUT2D eigenvalue weighted by Gasteiger charge is -1.97. The van der Waals surface area contributed by atoms with Crippen molar-refractivity contribution >= 4 is 18.1 Å². The highest BCUT2D eigenvalue weighted by atomic mass is 35.5. The molecule has 0 fully saturated rings. The third-order valence-electron chi connectivity index (χ3n) is 1.79. The van der Waals surface area contributed by atoms with Crippen LogP contribution in [0.1, 0.15) is 0 Å². The van der Waals surface area contributed by atoms with Gasteiger partial charge in [0.15, 0.2) is 0 Å². The van der Waals surface area contributed by atoms with Gasteiger partial charge in [-0.1, -0.05) is 12.1 Å². The van der Waals surface area contributed by atoms with Gasteiger partial charge in [0.1, 0.15) is 0 Å². The summed E-state index contributed by atoms with van der Waals surface area (Å²) >= 11 is 0. The maximum absolute atomic E-state index is 10.8. The third-order valence-corrected chi connectivity index (χ3v) is 1.79. The minimum atomic E-state index is -0.141. The number of H-pyrrole nitrogens is 2. The van der Waals surface area contributed by atoms with Gasteiger partial charge in [-0.25, -0.2) is 0 Å². The second-order valence-electron chi connectivity index (χ2n) is 2.80. The second kappa shape index (κ2) is 4.02. The first-order chi connectivity index (χ1) is 6.25. The Labute approximate surface area is 86.5 Å². The van der Waals surface area contributed by atoms with Gasteiger partial charge in [0.2, 0.25) is 0 Å². The van der Waals surface area contributed by atoms with Crippen molar-refractivity contribution in [2.75, 3.05) is 5.73 Å². The summed E-state index contributed by atoms with van der Waals surface area (Å²) in [4.78, 5) is 10.8. The summed E-state index contributed by atoms with van der Waals surface area (Å²) in [5.74, 6) is 0. The molecule has 0 saturated heterocycles. The second-order valence-corrected chi connectivity index (χ2v) is 2.80. The van der Waals surface area contributed by atoms with Crippen molar-refractivity contribution in [1.29, 1.82) is 0 Å². The molecule has 0 bridgehead atoms. The number of nitrogens with one attached hydrogen (secondary N) is 2. The van der Waals surface area contributed by atoms with Gasteiger partial charge in [0.25, 0.3) is 5.56 Å². The van der Waals surface area contributed by atoms with E-state index in [4.69, 9.17) is 5.73 Å². The number of nitrogen functional groups attached to an aromatic ring is 1. The zero-order valence-electron chi connectivity index (χ0n) is 7.28. The Bertz CT molecular complexity index is 475. The summed E-state index contributed by atoms with van der Waals surface area (Å²) in [7, 11) is 0. The van der Waals surface area contributed by atoms with Crippen LogP contribution >= 0.6 is 12.4 Å². The molecular formula is C9H10ClN3O. The molecule has 4 nitrogen and oxygen atoms in total. The minimum absolute atomic E-state index is 0. The molecule has 0 aliphatic carbocycles. The number of halogens is 1. The average molecular weight is 212 g/mol. The third kappa shape index (κ3) is 1.97. The Morgan fingerprint density at radius 3 is 2.50 bits per heavy atom. The normalized spacial score (nSPS) is 9.43. The van der Waals surface area contributed by atoms with E-state index >= 15 is 0 Å². The molecule has 0 aliphatic rings. The summed E-state index contributed by atoms with van der Waals surface area (Å²) in [6, 6.07) is 8.83. The minimum Gasteiger partial charge on any atom is -0.399 e. The highest BCUT2D eigenvalue weighted by Crippen LogP contribution is 2.16. The van der Waals surface area contributed by atoms with Gasteiger partial charge in [-0.05, 0) is 12.1 Å². The summed E-state index contributed by atoms with van der Waals surface area (Å²) in [6.07, 6.45) is 0. The van der Waals surface area contributed by atoms with E-state index in [-0.39, 0.29) is 18.0 Å². The van der Waals surface area contributed by atoms with E-state index in [1.165, 1.54) is 6.07 Å². The number of benzene rings is 1. The number of aromatic amines is 2. The van der Waals surface area contributed by atoms with Crippen molar-refractivity contribution in [2.24, 2.45) is 0 Å². The summed E-state index contributed by atoms with van der Waals surface area (Å²) in [5.41, 5.74) is 7.79. The first-order valence-electron chi connectivity index (χ1n) is 3.89. The van der Waals surface area contributed by atoms with E-state index in [9.17, 15) is 4.79 Å².